The fourth-order valence-corrected chi connectivity index (χ4v) is 3.82. The van der Waals surface area contributed by atoms with Crippen LogP contribution in [0.1, 0.15) is 15.9 Å². The minimum absolute atomic E-state index is 0.114. The summed E-state index contributed by atoms with van der Waals surface area (Å²) in [5.41, 5.74) is 3.77. The Labute approximate surface area is 178 Å². The largest absolute Gasteiger partial charge is 0.338 e. The number of nitrogens with one attached hydrogen (secondary N) is 2. The highest BCUT2D eigenvalue weighted by atomic mass is 35.5. The summed E-state index contributed by atoms with van der Waals surface area (Å²) in [6.45, 7) is 1.72. The van der Waals surface area contributed by atoms with Crippen molar-refractivity contribution in [1.82, 2.24) is 9.97 Å². The molecule has 1 amide bonds. The van der Waals surface area contributed by atoms with Crippen LogP contribution in [0.4, 0.5) is 5.69 Å². The normalized spacial score (nSPS) is 11.6. The Hall–Kier alpha value is -3.20. The van der Waals surface area contributed by atoms with E-state index in [1.807, 2.05) is 24.3 Å². The van der Waals surface area contributed by atoms with Gasteiger partial charge < -0.3 is 10.3 Å². The lowest BCUT2D eigenvalue weighted by Gasteiger charge is -2.09. The molecule has 1 aromatic heterocycles. The van der Waals surface area contributed by atoms with Gasteiger partial charge in [0.25, 0.3) is 5.91 Å². The Bertz CT molecular complexity index is 1380. The molecule has 0 bridgehead atoms. The Balaban J connectivity index is 1.58. The second-order valence-electron chi connectivity index (χ2n) is 6.77. The lowest BCUT2D eigenvalue weighted by molar-refractivity contribution is 0.102. The van der Waals surface area contributed by atoms with Gasteiger partial charge in [-0.1, -0.05) is 23.7 Å². The number of primary sulfonamides is 1. The van der Waals surface area contributed by atoms with Gasteiger partial charge in [-0.2, -0.15) is 0 Å². The summed E-state index contributed by atoms with van der Waals surface area (Å²) >= 11 is 6.18. The molecule has 0 saturated heterocycles. The van der Waals surface area contributed by atoms with Crippen molar-refractivity contribution >= 4 is 44.3 Å². The van der Waals surface area contributed by atoms with Gasteiger partial charge in [0, 0.05) is 16.8 Å². The van der Waals surface area contributed by atoms with Gasteiger partial charge in [0.1, 0.15) is 11.3 Å². The Kier molecular flexibility index (Phi) is 5.07. The molecule has 0 radical (unpaired) electrons. The van der Waals surface area contributed by atoms with Gasteiger partial charge in [0.15, 0.2) is 0 Å². The van der Waals surface area contributed by atoms with Crippen LogP contribution >= 0.6 is 11.6 Å². The zero-order chi connectivity index (χ0) is 21.5. The number of para-hydroxylation sites is 1. The summed E-state index contributed by atoms with van der Waals surface area (Å²) in [6.07, 6.45) is 0. The summed E-state index contributed by atoms with van der Waals surface area (Å²) in [4.78, 5) is 20.3. The van der Waals surface area contributed by atoms with E-state index in [1.165, 1.54) is 12.1 Å². The summed E-state index contributed by atoms with van der Waals surface area (Å²) in [5.74, 6) is 0.231. The highest BCUT2D eigenvalue weighted by molar-refractivity contribution is 7.89. The molecule has 0 spiro atoms. The number of imidazole rings is 1. The maximum atomic E-state index is 12.6. The summed E-state index contributed by atoms with van der Waals surface area (Å²) in [7, 11) is -3.90. The van der Waals surface area contributed by atoms with Crippen LogP contribution in [0.25, 0.3) is 22.4 Å². The van der Waals surface area contributed by atoms with Gasteiger partial charge in [0.05, 0.1) is 15.4 Å². The molecule has 4 aromatic rings. The molecule has 30 heavy (non-hydrogen) atoms. The molecule has 3 aromatic carbocycles. The number of benzene rings is 3. The number of carbonyl (C=O) groups is 1. The molecule has 9 heteroatoms. The molecular formula is C21H17ClN4O3S. The quantitative estimate of drug-likeness (QED) is 0.442. The van der Waals surface area contributed by atoms with E-state index in [9.17, 15) is 13.2 Å². The van der Waals surface area contributed by atoms with Crippen molar-refractivity contribution in [2.45, 2.75) is 11.8 Å². The van der Waals surface area contributed by atoms with Crippen LogP contribution in [0.5, 0.6) is 0 Å². The van der Waals surface area contributed by atoms with Gasteiger partial charge in [-0.05, 0) is 61.0 Å². The molecule has 0 aliphatic heterocycles. The maximum Gasteiger partial charge on any atom is 0.255 e. The molecule has 0 aliphatic carbocycles. The molecule has 0 fully saturated rings. The van der Waals surface area contributed by atoms with E-state index in [2.05, 4.69) is 15.3 Å². The summed E-state index contributed by atoms with van der Waals surface area (Å²) < 4.78 is 23.1. The van der Waals surface area contributed by atoms with Gasteiger partial charge in [-0.25, -0.2) is 18.5 Å². The van der Waals surface area contributed by atoms with E-state index in [4.69, 9.17) is 16.7 Å². The van der Waals surface area contributed by atoms with Crippen LogP contribution in [-0.4, -0.2) is 24.3 Å². The highest BCUT2D eigenvalue weighted by Crippen LogP contribution is 2.26. The Morgan fingerprint density at radius 3 is 2.50 bits per heavy atom. The monoisotopic (exact) mass is 440 g/mol. The van der Waals surface area contributed by atoms with Crippen molar-refractivity contribution in [2.24, 2.45) is 5.14 Å². The number of sulfonamides is 1. The predicted octanol–water partition coefficient (Wildman–Crippen LogP) is 4.09. The molecule has 4 N–H and O–H groups in total. The average molecular weight is 441 g/mol. The second kappa shape index (κ2) is 7.56. The number of hydrogen-bond donors (Lipinski definition) is 3. The Morgan fingerprint density at radius 1 is 1.10 bits per heavy atom. The van der Waals surface area contributed by atoms with E-state index < -0.39 is 15.9 Å². The molecule has 0 atom stereocenters. The third-order valence-electron chi connectivity index (χ3n) is 4.66. The predicted molar refractivity (Wildman–Crippen MR) is 117 cm³/mol. The fourth-order valence-electron chi connectivity index (χ4n) is 3.07. The standard InChI is InChI=1S/C21H17ClN4O3S/c1-12-5-10-15(30(23,28)29)11-16(12)21(27)24-14-8-6-13(7-9-14)20-25-18-4-2-3-17(22)19(18)26-20/h2-11H,1H3,(H,24,27)(H,25,26)(H2,23,28,29). The number of nitrogens with two attached hydrogens (primary N) is 1. The Morgan fingerprint density at radius 2 is 1.83 bits per heavy atom. The number of aromatic nitrogens is 2. The van der Waals surface area contributed by atoms with Crippen LogP contribution in [0, 0.1) is 6.92 Å². The highest BCUT2D eigenvalue weighted by Gasteiger charge is 2.15. The van der Waals surface area contributed by atoms with E-state index >= 15 is 0 Å². The topological polar surface area (TPSA) is 118 Å². The number of H-pyrrole nitrogens is 1. The third kappa shape index (κ3) is 3.93. The number of aromatic amines is 1. The number of halogens is 1. The smallest absolute Gasteiger partial charge is 0.255 e. The van der Waals surface area contributed by atoms with E-state index in [0.29, 0.717) is 27.6 Å². The van der Waals surface area contributed by atoms with E-state index in [0.717, 1.165) is 11.1 Å². The number of rotatable bonds is 4. The third-order valence-corrected chi connectivity index (χ3v) is 5.88. The van der Waals surface area contributed by atoms with Crippen LogP contribution < -0.4 is 10.5 Å². The van der Waals surface area contributed by atoms with Crippen LogP contribution in [0.2, 0.25) is 5.02 Å². The minimum Gasteiger partial charge on any atom is -0.338 e. The van der Waals surface area contributed by atoms with Gasteiger partial charge in [-0.3, -0.25) is 4.79 Å². The number of amides is 1. The molecule has 0 saturated carbocycles. The number of anilines is 1. The first-order chi connectivity index (χ1) is 14.2. The lowest BCUT2D eigenvalue weighted by Crippen LogP contribution is -2.17. The van der Waals surface area contributed by atoms with Crippen molar-refractivity contribution in [3.8, 4) is 11.4 Å². The fraction of sp³-hybridized carbons (Fsp3) is 0.0476. The van der Waals surface area contributed by atoms with Gasteiger partial charge in [-0.15, -0.1) is 0 Å². The van der Waals surface area contributed by atoms with Crippen molar-refractivity contribution in [1.29, 1.82) is 0 Å². The second-order valence-corrected chi connectivity index (χ2v) is 8.74. The molecule has 7 nitrogen and oxygen atoms in total. The minimum atomic E-state index is -3.90. The van der Waals surface area contributed by atoms with Crippen molar-refractivity contribution < 1.29 is 13.2 Å². The lowest BCUT2D eigenvalue weighted by atomic mass is 10.1. The van der Waals surface area contributed by atoms with Gasteiger partial charge >= 0.3 is 0 Å². The molecule has 4 rings (SSSR count). The first-order valence-electron chi connectivity index (χ1n) is 8.92. The number of nitrogens with zero attached hydrogens (tertiary/aromatic N) is 1. The van der Waals surface area contributed by atoms with Crippen molar-refractivity contribution in [2.75, 3.05) is 5.32 Å². The zero-order valence-electron chi connectivity index (χ0n) is 15.8. The zero-order valence-corrected chi connectivity index (χ0v) is 17.4. The summed E-state index contributed by atoms with van der Waals surface area (Å²) in [5, 5.41) is 8.49. The maximum absolute atomic E-state index is 12.6. The van der Waals surface area contributed by atoms with Crippen molar-refractivity contribution in [3.05, 3.63) is 76.8 Å². The van der Waals surface area contributed by atoms with Crippen LogP contribution in [-0.2, 0) is 10.0 Å². The summed E-state index contributed by atoms with van der Waals surface area (Å²) in [6, 6.07) is 16.8. The van der Waals surface area contributed by atoms with Crippen molar-refractivity contribution in [3.63, 3.8) is 0 Å². The molecule has 0 unspecified atom stereocenters. The first-order valence-corrected chi connectivity index (χ1v) is 10.8. The number of hydrogen-bond acceptors (Lipinski definition) is 4. The van der Waals surface area contributed by atoms with E-state index in [-0.39, 0.29) is 10.5 Å². The SMILES string of the molecule is Cc1ccc(S(N)(=O)=O)cc1C(=O)Nc1ccc(-c2nc3c(Cl)cccc3[nH]2)cc1. The molecule has 1 heterocycles. The number of carbonyl (C=O) groups excluding carboxylic acids is 1. The number of aryl methyl sites for hydroxylation is 1. The molecular weight excluding hydrogens is 424 g/mol. The van der Waals surface area contributed by atoms with Gasteiger partial charge in [0.2, 0.25) is 10.0 Å². The van der Waals surface area contributed by atoms with Crippen LogP contribution in [0.3, 0.4) is 0 Å². The molecule has 0 aliphatic rings. The van der Waals surface area contributed by atoms with E-state index in [1.54, 1.807) is 31.2 Å². The average Bonchev–Trinajstić information content (AvgIpc) is 3.13. The van der Waals surface area contributed by atoms with Crippen LogP contribution in [0.15, 0.2) is 65.6 Å². The number of fused-ring (bicyclic) bond motifs is 1. The molecule has 152 valence electrons. The first kappa shape index (κ1) is 20.1.